The van der Waals surface area contributed by atoms with Crippen molar-refractivity contribution in [3.05, 3.63) is 34.2 Å². The zero-order valence-electron chi connectivity index (χ0n) is 11.3. The lowest BCUT2D eigenvalue weighted by atomic mass is 9.83. The molecule has 0 saturated carbocycles. The summed E-state index contributed by atoms with van der Waals surface area (Å²) in [7, 11) is 0. The Kier molecular flexibility index (Phi) is 4.50. The molecule has 2 N–H and O–H groups in total. The number of pyridine rings is 1. The number of carbonyl (C=O) groups is 1. The van der Waals surface area contributed by atoms with Crippen LogP contribution < -0.4 is 11.3 Å². The molecule has 3 rings (SSSR count). The number of piperidine rings is 1. The SMILES string of the molecule is Cl.NCCC(=O)N1CC2C[C@H](C1)c1cccc(=O)n1C2. The van der Waals surface area contributed by atoms with Crippen LogP contribution in [0.15, 0.2) is 23.0 Å². The molecule has 6 heteroatoms. The molecule has 1 unspecified atom stereocenters. The van der Waals surface area contributed by atoms with Gasteiger partial charge >= 0.3 is 0 Å². The molecule has 1 aromatic heterocycles. The van der Waals surface area contributed by atoms with Crippen LogP contribution in [0.25, 0.3) is 0 Å². The summed E-state index contributed by atoms with van der Waals surface area (Å²) >= 11 is 0. The van der Waals surface area contributed by atoms with E-state index in [4.69, 9.17) is 5.73 Å². The first kappa shape index (κ1) is 15.1. The minimum absolute atomic E-state index is 0. The maximum Gasteiger partial charge on any atom is 0.250 e. The first-order valence-electron chi connectivity index (χ1n) is 6.86. The molecule has 5 nitrogen and oxygen atoms in total. The average molecular weight is 298 g/mol. The van der Waals surface area contributed by atoms with Gasteiger partial charge in [0.25, 0.3) is 5.56 Å². The van der Waals surface area contributed by atoms with Crippen LogP contribution in [0.2, 0.25) is 0 Å². The molecule has 1 amide bonds. The maximum atomic E-state index is 12.0. The van der Waals surface area contributed by atoms with Gasteiger partial charge in [-0.3, -0.25) is 9.59 Å². The van der Waals surface area contributed by atoms with Crippen molar-refractivity contribution >= 4 is 18.3 Å². The highest BCUT2D eigenvalue weighted by Gasteiger charge is 2.35. The highest BCUT2D eigenvalue weighted by atomic mass is 35.5. The molecular formula is C14H20ClN3O2. The number of halogens is 1. The highest BCUT2D eigenvalue weighted by Crippen LogP contribution is 2.34. The van der Waals surface area contributed by atoms with E-state index in [0.717, 1.165) is 31.7 Å². The van der Waals surface area contributed by atoms with Crippen molar-refractivity contribution in [3.63, 3.8) is 0 Å². The van der Waals surface area contributed by atoms with E-state index in [1.54, 1.807) is 6.07 Å². The van der Waals surface area contributed by atoms with Crippen molar-refractivity contribution in [1.82, 2.24) is 9.47 Å². The van der Waals surface area contributed by atoms with Gasteiger partial charge in [-0.1, -0.05) is 6.07 Å². The Bertz CT molecular complexity index is 558. The molecular weight excluding hydrogens is 278 g/mol. The second-order valence-corrected chi connectivity index (χ2v) is 5.54. The van der Waals surface area contributed by atoms with Crippen molar-refractivity contribution in [2.45, 2.75) is 25.3 Å². The predicted octanol–water partition coefficient (Wildman–Crippen LogP) is 0.565. The van der Waals surface area contributed by atoms with Crippen LogP contribution in [0.5, 0.6) is 0 Å². The third-order valence-corrected chi connectivity index (χ3v) is 4.19. The Morgan fingerprint density at radius 3 is 2.85 bits per heavy atom. The van der Waals surface area contributed by atoms with Crippen LogP contribution in [0.4, 0.5) is 0 Å². The summed E-state index contributed by atoms with van der Waals surface area (Å²) in [6.45, 7) is 2.62. The van der Waals surface area contributed by atoms with E-state index >= 15 is 0 Å². The Hall–Kier alpha value is -1.33. The number of hydrogen-bond acceptors (Lipinski definition) is 3. The molecule has 2 bridgehead atoms. The molecule has 2 aliphatic rings. The minimum Gasteiger partial charge on any atom is -0.342 e. The Balaban J connectivity index is 0.00000147. The fourth-order valence-corrected chi connectivity index (χ4v) is 3.38. The van der Waals surface area contributed by atoms with Crippen molar-refractivity contribution < 1.29 is 4.79 Å². The molecule has 110 valence electrons. The van der Waals surface area contributed by atoms with E-state index in [1.807, 2.05) is 21.6 Å². The molecule has 0 radical (unpaired) electrons. The standard InChI is InChI=1S/C14H19N3O2.ClH/c15-5-4-13(18)16-7-10-6-11(9-16)12-2-1-3-14(19)17(12)8-10;/h1-3,10-11H,4-9,15H2;1H/t10?,11-;/m1./s1. The third-order valence-electron chi connectivity index (χ3n) is 4.19. The molecule has 1 aromatic rings. The minimum atomic E-state index is 0. The van der Waals surface area contributed by atoms with Gasteiger partial charge in [-0.05, 0) is 18.4 Å². The zero-order valence-corrected chi connectivity index (χ0v) is 12.1. The van der Waals surface area contributed by atoms with Gasteiger partial charge in [0.15, 0.2) is 0 Å². The van der Waals surface area contributed by atoms with Gasteiger partial charge in [0.2, 0.25) is 5.91 Å². The summed E-state index contributed by atoms with van der Waals surface area (Å²) in [6, 6.07) is 5.44. The fourth-order valence-electron chi connectivity index (χ4n) is 3.38. The molecule has 1 saturated heterocycles. The van der Waals surface area contributed by atoms with E-state index in [0.29, 0.717) is 24.8 Å². The van der Waals surface area contributed by atoms with Gasteiger partial charge in [0.05, 0.1) is 0 Å². The molecule has 0 spiro atoms. The second kappa shape index (κ2) is 5.97. The molecule has 3 heterocycles. The van der Waals surface area contributed by atoms with Gasteiger partial charge in [-0.25, -0.2) is 0 Å². The molecule has 0 aliphatic carbocycles. The van der Waals surface area contributed by atoms with E-state index in [2.05, 4.69) is 0 Å². The largest absolute Gasteiger partial charge is 0.342 e. The average Bonchev–Trinajstić information content (AvgIpc) is 2.40. The molecule has 0 aromatic carbocycles. The second-order valence-electron chi connectivity index (χ2n) is 5.54. The van der Waals surface area contributed by atoms with Crippen LogP contribution in [-0.4, -0.2) is 35.0 Å². The fraction of sp³-hybridized carbons (Fsp3) is 0.571. The van der Waals surface area contributed by atoms with Crippen molar-refractivity contribution in [2.24, 2.45) is 11.7 Å². The van der Waals surface area contributed by atoms with Crippen molar-refractivity contribution in [2.75, 3.05) is 19.6 Å². The summed E-state index contributed by atoms with van der Waals surface area (Å²) in [5.41, 5.74) is 6.61. The van der Waals surface area contributed by atoms with Crippen LogP contribution in [0.1, 0.15) is 24.5 Å². The topological polar surface area (TPSA) is 68.3 Å². The number of amides is 1. The monoisotopic (exact) mass is 297 g/mol. The number of carbonyl (C=O) groups excluding carboxylic acids is 1. The summed E-state index contributed by atoms with van der Waals surface area (Å²) < 4.78 is 1.88. The Labute approximate surface area is 124 Å². The summed E-state index contributed by atoms with van der Waals surface area (Å²) in [4.78, 5) is 25.8. The lowest BCUT2D eigenvalue weighted by Gasteiger charge is -2.42. The summed E-state index contributed by atoms with van der Waals surface area (Å²) in [5, 5.41) is 0. The van der Waals surface area contributed by atoms with Gasteiger partial charge in [0.1, 0.15) is 0 Å². The zero-order chi connectivity index (χ0) is 13.4. The van der Waals surface area contributed by atoms with Crippen LogP contribution in [0, 0.1) is 5.92 Å². The number of hydrogen-bond donors (Lipinski definition) is 1. The molecule has 1 fully saturated rings. The number of nitrogens with two attached hydrogens (primary N) is 1. The third kappa shape index (κ3) is 2.60. The van der Waals surface area contributed by atoms with Gasteiger partial charge < -0.3 is 15.2 Å². The molecule has 20 heavy (non-hydrogen) atoms. The lowest BCUT2D eigenvalue weighted by molar-refractivity contribution is -0.133. The summed E-state index contributed by atoms with van der Waals surface area (Å²) in [6.07, 6.45) is 1.50. The van der Waals surface area contributed by atoms with E-state index < -0.39 is 0 Å². The van der Waals surface area contributed by atoms with Crippen molar-refractivity contribution in [1.29, 1.82) is 0 Å². The number of likely N-dealkylation sites (tertiary alicyclic amines) is 1. The van der Waals surface area contributed by atoms with Gasteiger partial charge in [0, 0.05) is 50.3 Å². The molecule has 2 aliphatic heterocycles. The van der Waals surface area contributed by atoms with Gasteiger partial charge in [-0.15, -0.1) is 12.4 Å². The first-order valence-corrected chi connectivity index (χ1v) is 6.86. The Morgan fingerprint density at radius 1 is 1.30 bits per heavy atom. The predicted molar refractivity (Wildman–Crippen MR) is 79.0 cm³/mol. The molecule has 2 atom stereocenters. The Morgan fingerprint density at radius 2 is 2.10 bits per heavy atom. The van der Waals surface area contributed by atoms with Crippen LogP contribution in [-0.2, 0) is 11.3 Å². The number of fused-ring (bicyclic) bond motifs is 4. The van der Waals surface area contributed by atoms with E-state index in [-0.39, 0.29) is 23.9 Å². The van der Waals surface area contributed by atoms with Crippen LogP contribution >= 0.6 is 12.4 Å². The normalized spacial score (nSPS) is 23.8. The van der Waals surface area contributed by atoms with Crippen LogP contribution in [0.3, 0.4) is 0 Å². The number of rotatable bonds is 2. The van der Waals surface area contributed by atoms with Crippen molar-refractivity contribution in [3.8, 4) is 0 Å². The van der Waals surface area contributed by atoms with E-state index in [9.17, 15) is 9.59 Å². The maximum absolute atomic E-state index is 12.0. The number of aromatic nitrogens is 1. The lowest BCUT2D eigenvalue weighted by Crippen LogP contribution is -2.49. The quantitative estimate of drug-likeness (QED) is 0.867. The number of nitrogens with zero attached hydrogens (tertiary/aromatic N) is 2. The highest BCUT2D eigenvalue weighted by molar-refractivity contribution is 5.85. The van der Waals surface area contributed by atoms with E-state index in [1.165, 1.54) is 0 Å². The first-order chi connectivity index (χ1) is 9.19. The smallest absolute Gasteiger partial charge is 0.250 e. The summed E-state index contributed by atoms with van der Waals surface area (Å²) in [5.74, 6) is 0.833. The van der Waals surface area contributed by atoms with Gasteiger partial charge in [-0.2, -0.15) is 0 Å².